The molecular formula is C28H27F4N3O8S2. The average Bonchev–Trinajstić information content (AvgIpc) is 2.91. The van der Waals surface area contributed by atoms with Crippen molar-refractivity contribution in [2.75, 3.05) is 16.2 Å². The predicted octanol–water partition coefficient (Wildman–Crippen LogP) is 5.04. The normalized spacial score (nSPS) is 15.4. The van der Waals surface area contributed by atoms with Gasteiger partial charge in [-0.2, -0.15) is 13.2 Å². The predicted molar refractivity (Wildman–Crippen MR) is 153 cm³/mol. The summed E-state index contributed by atoms with van der Waals surface area (Å²) in [6, 6.07) is 10.7. The first kappa shape index (κ1) is 33.5. The summed E-state index contributed by atoms with van der Waals surface area (Å²) in [4.78, 5) is 23.8. The van der Waals surface area contributed by atoms with Gasteiger partial charge in [0.1, 0.15) is 23.3 Å². The quantitative estimate of drug-likeness (QED) is 0.332. The molecule has 0 aliphatic carbocycles. The number of nitrogens with one attached hydrogen (secondary N) is 2. The lowest BCUT2D eigenvalue weighted by Crippen LogP contribution is -2.46. The summed E-state index contributed by atoms with van der Waals surface area (Å²) in [5, 5.41) is 2.43. The van der Waals surface area contributed by atoms with E-state index in [1.165, 1.54) is 18.2 Å². The number of nitrogens with zero attached hydrogens (tertiary/aromatic N) is 1. The highest BCUT2D eigenvalue weighted by atomic mass is 32.2. The molecule has 0 radical (unpaired) electrons. The van der Waals surface area contributed by atoms with Gasteiger partial charge in [-0.15, -0.1) is 0 Å². The lowest BCUT2D eigenvalue weighted by Gasteiger charge is -2.35. The summed E-state index contributed by atoms with van der Waals surface area (Å²) in [6.07, 6.45) is -7.78. The van der Waals surface area contributed by atoms with E-state index in [1.54, 1.807) is 25.5 Å². The highest BCUT2D eigenvalue weighted by molar-refractivity contribution is 7.92. The molecule has 242 valence electrons. The van der Waals surface area contributed by atoms with Crippen LogP contribution in [0.3, 0.4) is 0 Å². The zero-order valence-electron chi connectivity index (χ0n) is 23.9. The Bertz CT molecular complexity index is 1840. The van der Waals surface area contributed by atoms with Gasteiger partial charge < -0.3 is 9.47 Å². The largest absolute Gasteiger partial charge is 0.486 e. The van der Waals surface area contributed by atoms with Crippen LogP contribution in [-0.4, -0.2) is 47.1 Å². The number of halogens is 4. The van der Waals surface area contributed by atoms with E-state index in [0.29, 0.717) is 22.5 Å². The van der Waals surface area contributed by atoms with Gasteiger partial charge in [0.05, 0.1) is 34.0 Å². The Morgan fingerprint density at radius 3 is 2.27 bits per heavy atom. The molecule has 0 saturated heterocycles. The van der Waals surface area contributed by atoms with Gasteiger partial charge >= 0.3 is 12.3 Å². The molecule has 1 aliphatic rings. The third kappa shape index (κ3) is 8.21. The van der Waals surface area contributed by atoms with Crippen LogP contribution in [-0.2, 0) is 35.8 Å². The van der Waals surface area contributed by atoms with Crippen molar-refractivity contribution in [3.8, 4) is 5.75 Å². The van der Waals surface area contributed by atoms with Crippen LogP contribution in [0, 0.1) is 5.82 Å². The van der Waals surface area contributed by atoms with E-state index >= 15 is 0 Å². The maximum absolute atomic E-state index is 13.8. The number of benzene rings is 3. The van der Waals surface area contributed by atoms with Gasteiger partial charge in [-0.05, 0) is 75.4 Å². The minimum Gasteiger partial charge on any atom is -0.486 e. The maximum atomic E-state index is 13.8. The van der Waals surface area contributed by atoms with E-state index in [9.17, 15) is 44.0 Å². The molecule has 3 aromatic rings. The number of ether oxygens (including phenoxy) is 2. The van der Waals surface area contributed by atoms with Crippen molar-refractivity contribution in [3.63, 3.8) is 0 Å². The Hall–Kier alpha value is -4.38. The van der Waals surface area contributed by atoms with Crippen LogP contribution < -0.4 is 19.1 Å². The summed E-state index contributed by atoms with van der Waals surface area (Å²) >= 11 is 0. The second kappa shape index (κ2) is 12.2. The van der Waals surface area contributed by atoms with E-state index in [0.717, 1.165) is 30.3 Å². The Kier molecular flexibility index (Phi) is 9.08. The average molecular weight is 674 g/mol. The van der Waals surface area contributed by atoms with Crippen LogP contribution >= 0.6 is 0 Å². The van der Waals surface area contributed by atoms with Crippen LogP contribution in [0.2, 0.25) is 0 Å². The van der Waals surface area contributed by atoms with Crippen molar-refractivity contribution in [2.45, 2.75) is 54.9 Å². The van der Waals surface area contributed by atoms with Gasteiger partial charge in [0, 0.05) is 5.69 Å². The minimum atomic E-state index is -4.85. The van der Waals surface area contributed by atoms with Crippen molar-refractivity contribution in [2.24, 2.45) is 0 Å². The van der Waals surface area contributed by atoms with E-state index < -0.39 is 84.1 Å². The summed E-state index contributed by atoms with van der Waals surface area (Å²) in [7, 11) is -9.28. The first-order valence-corrected chi connectivity index (χ1v) is 16.0. The topological polar surface area (TPSA) is 148 Å². The van der Waals surface area contributed by atoms with E-state index in [4.69, 9.17) is 9.47 Å². The standard InChI is InChI=1S/C28H27F4N3O8S2/c1-27(2,3)43-26(37)33-19-10-11-24-23(14-19)35(45(40,41)22-9-4-6-17(12-22)28(30,31)32)16-20(42-24)15-25(36)34-44(38,39)21-8-5-7-18(29)13-21/h4-14,20H,15-16H2,1-3H3,(H,33,37)(H,34,36)/t20-/m0/s1. The third-order valence-electron chi connectivity index (χ3n) is 6.05. The highest BCUT2D eigenvalue weighted by Crippen LogP contribution is 2.40. The number of alkyl halides is 3. The lowest BCUT2D eigenvalue weighted by molar-refractivity contribution is -0.137. The van der Waals surface area contributed by atoms with Crippen LogP contribution in [0.25, 0.3) is 0 Å². The molecule has 2 amide bonds. The molecular weight excluding hydrogens is 646 g/mol. The molecule has 1 aliphatic heterocycles. The molecule has 17 heteroatoms. The number of hydrogen-bond acceptors (Lipinski definition) is 8. The zero-order chi connectivity index (χ0) is 33.4. The Morgan fingerprint density at radius 2 is 1.62 bits per heavy atom. The molecule has 0 aromatic heterocycles. The van der Waals surface area contributed by atoms with Crippen molar-refractivity contribution in [1.29, 1.82) is 0 Å². The number of carbonyl (C=O) groups excluding carboxylic acids is 2. The fraction of sp³-hybridized carbons (Fsp3) is 0.286. The molecule has 11 nitrogen and oxygen atoms in total. The molecule has 0 spiro atoms. The fourth-order valence-corrected chi connectivity index (χ4v) is 6.77. The summed E-state index contributed by atoms with van der Waals surface area (Å²) in [6.45, 7) is 4.22. The van der Waals surface area contributed by atoms with E-state index in [1.807, 2.05) is 0 Å². The number of hydrogen-bond donors (Lipinski definition) is 2. The first-order valence-electron chi connectivity index (χ1n) is 13.1. The second-order valence-electron chi connectivity index (χ2n) is 10.8. The smallest absolute Gasteiger partial charge is 0.416 e. The number of carbonyl (C=O) groups is 2. The molecule has 0 saturated carbocycles. The number of rotatable bonds is 7. The van der Waals surface area contributed by atoms with E-state index in [-0.39, 0.29) is 17.1 Å². The number of fused-ring (bicyclic) bond motifs is 1. The maximum Gasteiger partial charge on any atom is 0.416 e. The van der Waals surface area contributed by atoms with Gasteiger partial charge in [-0.3, -0.25) is 14.4 Å². The third-order valence-corrected chi connectivity index (χ3v) is 9.20. The molecule has 3 aromatic carbocycles. The number of anilines is 2. The second-order valence-corrected chi connectivity index (χ2v) is 14.3. The fourth-order valence-electron chi connectivity index (χ4n) is 4.20. The lowest BCUT2D eigenvalue weighted by atomic mass is 10.1. The Labute approximate surface area is 256 Å². The molecule has 0 bridgehead atoms. The summed E-state index contributed by atoms with van der Waals surface area (Å²) < 4.78 is 120. The van der Waals surface area contributed by atoms with Gasteiger partial charge in [0.2, 0.25) is 5.91 Å². The van der Waals surface area contributed by atoms with Gasteiger partial charge in [0.15, 0.2) is 0 Å². The SMILES string of the molecule is CC(C)(C)OC(=O)Nc1ccc2c(c1)N(S(=O)(=O)c1cccc(C(F)(F)F)c1)C[C@H](CC(=O)NS(=O)(=O)c1cccc(F)c1)O2. The molecule has 45 heavy (non-hydrogen) atoms. The molecule has 1 heterocycles. The summed E-state index contributed by atoms with van der Waals surface area (Å²) in [5.74, 6) is -2.14. The number of sulfonamides is 2. The molecule has 4 rings (SSSR count). The van der Waals surface area contributed by atoms with Crippen molar-refractivity contribution >= 4 is 43.4 Å². The van der Waals surface area contributed by atoms with Crippen molar-refractivity contribution in [3.05, 3.63) is 78.1 Å². The van der Waals surface area contributed by atoms with Crippen LogP contribution in [0.1, 0.15) is 32.8 Å². The Morgan fingerprint density at radius 1 is 0.956 bits per heavy atom. The highest BCUT2D eigenvalue weighted by Gasteiger charge is 2.38. The Balaban J connectivity index is 1.68. The van der Waals surface area contributed by atoms with Crippen LogP contribution in [0.5, 0.6) is 5.75 Å². The van der Waals surface area contributed by atoms with Crippen LogP contribution in [0.4, 0.5) is 33.7 Å². The first-order chi connectivity index (χ1) is 20.7. The van der Waals surface area contributed by atoms with Gasteiger partial charge in [-0.25, -0.2) is 30.7 Å². The molecule has 0 unspecified atom stereocenters. The van der Waals surface area contributed by atoms with Gasteiger partial charge in [-0.1, -0.05) is 12.1 Å². The monoisotopic (exact) mass is 673 g/mol. The minimum absolute atomic E-state index is 0.0493. The number of amides is 2. The molecule has 1 atom stereocenters. The van der Waals surface area contributed by atoms with Crippen molar-refractivity contribution < 1.29 is 53.5 Å². The van der Waals surface area contributed by atoms with Crippen molar-refractivity contribution in [1.82, 2.24) is 4.72 Å². The van der Waals surface area contributed by atoms with Gasteiger partial charge in [0.25, 0.3) is 20.0 Å². The summed E-state index contributed by atoms with van der Waals surface area (Å²) in [5.41, 5.74) is -2.23. The van der Waals surface area contributed by atoms with Crippen LogP contribution in [0.15, 0.2) is 76.5 Å². The van der Waals surface area contributed by atoms with E-state index in [2.05, 4.69) is 5.32 Å². The molecule has 2 N–H and O–H groups in total. The zero-order valence-corrected chi connectivity index (χ0v) is 25.5. The molecule has 0 fully saturated rings.